The number of carbonyl (C=O) groups is 1. The van der Waals surface area contributed by atoms with Crippen molar-refractivity contribution < 1.29 is 41.7 Å². The molecule has 0 fully saturated rings. The first-order valence-corrected chi connectivity index (χ1v) is 13.1. The molecule has 0 aromatic heterocycles. The zero-order chi connectivity index (χ0) is 29.6. The van der Waals surface area contributed by atoms with Crippen LogP contribution < -0.4 is 24.3 Å². The molecule has 8 nitrogen and oxygen atoms in total. The van der Waals surface area contributed by atoms with Gasteiger partial charge in [-0.2, -0.15) is 0 Å². The lowest BCUT2D eigenvalue weighted by molar-refractivity contribution is -0.274. The predicted octanol–water partition coefficient (Wildman–Crippen LogP) is 6.15. The van der Waals surface area contributed by atoms with Crippen LogP contribution in [0.15, 0.2) is 60.7 Å². The summed E-state index contributed by atoms with van der Waals surface area (Å²) in [6, 6.07) is 15.4. The molecule has 3 aromatic carbocycles. The smallest absolute Gasteiger partial charge is 0.493 e. The molecule has 0 aliphatic carbocycles. The van der Waals surface area contributed by atoms with Gasteiger partial charge < -0.3 is 33.9 Å². The molecule has 1 atom stereocenters. The molecule has 0 bridgehead atoms. The molecule has 12 heteroatoms. The number of esters is 1. The number of alkyl halides is 3. The summed E-state index contributed by atoms with van der Waals surface area (Å²) in [6.07, 6.45) is -4.12. The molecule has 0 saturated heterocycles. The van der Waals surface area contributed by atoms with E-state index in [0.717, 1.165) is 11.1 Å². The molecule has 0 amide bonds. The van der Waals surface area contributed by atoms with Crippen molar-refractivity contribution in [2.24, 2.45) is 0 Å². The fourth-order valence-electron chi connectivity index (χ4n) is 4.46. The minimum absolute atomic E-state index is 0.196. The Morgan fingerprint density at radius 3 is 2.24 bits per heavy atom. The number of benzene rings is 3. The van der Waals surface area contributed by atoms with Crippen LogP contribution in [0.5, 0.6) is 23.0 Å². The number of rotatable bonds is 9. The predicted molar refractivity (Wildman–Crippen MR) is 150 cm³/mol. The van der Waals surface area contributed by atoms with E-state index in [2.05, 4.69) is 10.1 Å². The summed E-state index contributed by atoms with van der Waals surface area (Å²) in [5.74, 6) is 0.959. The summed E-state index contributed by atoms with van der Waals surface area (Å²) < 4.78 is 63.7. The summed E-state index contributed by atoms with van der Waals surface area (Å²) >= 11 is 5.73. The average Bonchev–Trinajstić information content (AvgIpc) is 2.95. The molecular formula is C29H29F3N2O6S. The van der Waals surface area contributed by atoms with Gasteiger partial charge in [0.1, 0.15) is 18.1 Å². The van der Waals surface area contributed by atoms with Gasteiger partial charge in [-0.15, -0.1) is 13.2 Å². The van der Waals surface area contributed by atoms with E-state index < -0.39 is 12.3 Å². The number of thiocarbonyl (C=S) groups is 1. The van der Waals surface area contributed by atoms with E-state index in [1.807, 2.05) is 17.0 Å². The van der Waals surface area contributed by atoms with E-state index in [0.29, 0.717) is 46.6 Å². The summed E-state index contributed by atoms with van der Waals surface area (Å²) in [6.45, 7) is 2.76. The Kier molecular flexibility index (Phi) is 9.43. The Bertz CT molecular complexity index is 1370. The maximum atomic E-state index is 12.5. The second kappa shape index (κ2) is 13.0. The maximum absolute atomic E-state index is 12.5. The number of nitrogens with zero attached hydrogens (tertiary/aromatic N) is 1. The van der Waals surface area contributed by atoms with Gasteiger partial charge in [0.2, 0.25) is 0 Å². The van der Waals surface area contributed by atoms with Crippen molar-refractivity contribution in [1.82, 2.24) is 4.90 Å². The topological polar surface area (TPSA) is 78.5 Å². The lowest BCUT2D eigenvalue weighted by Crippen LogP contribution is -2.44. The van der Waals surface area contributed by atoms with Crippen molar-refractivity contribution in [3.8, 4) is 23.0 Å². The Hall–Kier alpha value is -4.19. The first kappa shape index (κ1) is 29.8. The number of anilines is 1. The monoisotopic (exact) mass is 590 g/mol. The van der Waals surface area contributed by atoms with Crippen molar-refractivity contribution in [2.75, 3.05) is 39.3 Å². The second-order valence-electron chi connectivity index (χ2n) is 8.92. The molecule has 1 N–H and O–H groups in total. The van der Waals surface area contributed by atoms with Crippen molar-refractivity contribution >= 4 is 29.0 Å². The molecule has 4 rings (SSSR count). The summed E-state index contributed by atoms with van der Waals surface area (Å²) in [5.41, 5.74) is 2.88. The lowest BCUT2D eigenvalue weighted by Gasteiger charge is -2.39. The summed E-state index contributed by atoms with van der Waals surface area (Å²) in [7, 11) is 3.13. The quantitative estimate of drug-likeness (QED) is 0.233. The summed E-state index contributed by atoms with van der Waals surface area (Å²) in [4.78, 5) is 13.9. The van der Waals surface area contributed by atoms with Crippen molar-refractivity contribution in [1.29, 1.82) is 0 Å². The Morgan fingerprint density at radius 2 is 1.63 bits per heavy atom. The van der Waals surface area contributed by atoms with Crippen LogP contribution in [0.2, 0.25) is 0 Å². The first-order chi connectivity index (χ1) is 19.6. The van der Waals surface area contributed by atoms with Gasteiger partial charge in [-0.05, 0) is 97.4 Å². The highest BCUT2D eigenvalue weighted by Gasteiger charge is 2.32. The Balaban J connectivity index is 1.56. The van der Waals surface area contributed by atoms with Crippen LogP contribution in [0.25, 0.3) is 0 Å². The van der Waals surface area contributed by atoms with Gasteiger partial charge in [-0.1, -0.05) is 0 Å². The van der Waals surface area contributed by atoms with Crippen LogP contribution in [0.4, 0.5) is 18.9 Å². The molecule has 1 unspecified atom stereocenters. The van der Waals surface area contributed by atoms with Gasteiger partial charge in [0.25, 0.3) is 0 Å². The van der Waals surface area contributed by atoms with Gasteiger partial charge in [-0.25, -0.2) is 4.79 Å². The van der Waals surface area contributed by atoms with E-state index in [1.54, 1.807) is 45.4 Å². The summed E-state index contributed by atoms with van der Waals surface area (Å²) in [5, 5.41) is 3.46. The number of carbonyl (C=O) groups excluding carboxylic acids is 1. The average molecular weight is 591 g/mol. The zero-order valence-corrected chi connectivity index (χ0v) is 23.4. The molecule has 0 radical (unpaired) electrons. The molecular weight excluding hydrogens is 561 g/mol. The van der Waals surface area contributed by atoms with E-state index in [9.17, 15) is 18.0 Å². The minimum Gasteiger partial charge on any atom is -0.493 e. The Morgan fingerprint density at radius 1 is 1.00 bits per heavy atom. The number of ether oxygens (including phenoxy) is 5. The van der Waals surface area contributed by atoms with Crippen molar-refractivity contribution in [3.05, 3.63) is 77.4 Å². The third-order valence-electron chi connectivity index (χ3n) is 6.38. The number of fused-ring (bicyclic) bond motifs is 1. The molecule has 41 heavy (non-hydrogen) atoms. The second-order valence-corrected chi connectivity index (χ2v) is 9.31. The van der Waals surface area contributed by atoms with Gasteiger partial charge in [0.05, 0.1) is 32.4 Å². The molecule has 1 aliphatic heterocycles. The van der Waals surface area contributed by atoms with Crippen LogP contribution in [0, 0.1) is 0 Å². The molecule has 0 spiro atoms. The third-order valence-corrected chi connectivity index (χ3v) is 6.71. The van der Waals surface area contributed by atoms with Gasteiger partial charge in [-0.3, -0.25) is 0 Å². The number of hydrogen-bond acceptors (Lipinski definition) is 7. The Labute approximate surface area is 240 Å². The van der Waals surface area contributed by atoms with Crippen LogP contribution >= 0.6 is 12.2 Å². The van der Waals surface area contributed by atoms with Crippen molar-refractivity contribution in [2.45, 2.75) is 25.7 Å². The number of nitrogens with one attached hydrogen (secondary N) is 1. The highest BCUT2D eigenvalue weighted by atomic mass is 32.1. The molecule has 0 saturated carbocycles. The van der Waals surface area contributed by atoms with Crippen LogP contribution in [0.3, 0.4) is 0 Å². The fraction of sp³-hybridized carbons (Fsp3) is 0.310. The van der Waals surface area contributed by atoms with Crippen LogP contribution in [-0.4, -0.2) is 56.3 Å². The number of halogens is 3. The third kappa shape index (κ3) is 7.51. The zero-order valence-electron chi connectivity index (χ0n) is 22.6. The van der Waals surface area contributed by atoms with Crippen LogP contribution in [-0.2, 0) is 11.2 Å². The fourth-order valence-corrected chi connectivity index (χ4v) is 4.80. The van der Waals surface area contributed by atoms with E-state index >= 15 is 0 Å². The van der Waals surface area contributed by atoms with Gasteiger partial charge >= 0.3 is 12.3 Å². The van der Waals surface area contributed by atoms with E-state index in [4.69, 9.17) is 31.2 Å². The van der Waals surface area contributed by atoms with E-state index in [-0.39, 0.29) is 25.0 Å². The van der Waals surface area contributed by atoms with E-state index in [1.165, 1.54) is 24.3 Å². The highest BCUT2D eigenvalue weighted by Crippen LogP contribution is 2.39. The standard InChI is InChI=1S/C29H29F3N2O6S/c1-4-38-27(35)18-5-9-21(10-6-18)39-17-24-23-16-26(37-3)25(36-2)15-19(23)13-14-34(24)28(41)33-20-7-11-22(12-8-20)40-29(30,31)32/h5-12,15-16,24H,4,13-14,17H2,1-3H3,(H,33,41). The molecule has 1 aliphatic rings. The normalized spacial score (nSPS) is 14.5. The van der Waals surface area contributed by atoms with Gasteiger partial charge in [0, 0.05) is 12.2 Å². The molecule has 218 valence electrons. The minimum atomic E-state index is -4.78. The lowest BCUT2D eigenvalue weighted by atomic mass is 9.92. The number of hydrogen-bond donors (Lipinski definition) is 1. The largest absolute Gasteiger partial charge is 0.573 e. The van der Waals surface area contributed by atoms with Crippen molar-refractivity contribution in [3.63, 3.8) is 0 Å². The van der Waals surface area contributed by atoms with Gasteiger partial charge in [0.15, 0.2) is 16.6 Å². The molecule has 3 aromatic rings. The number of methoxy groups -OCH3 is 2. The molecule has 1 heterocycles. The first-order valence-electron chi connectivity index (χ1n) is 12.7. The SMILES string of the molecule is CCOC(=O)c1ccc(OCC2c3cc(OC)c(OC)cc3CCN2C(=S)Nc2ccc(OC(F)(F)F)cc2)cc1. The maximum Gasteiger partial charge on any atom is 0.573 e. The van der Waals surface area contributed by atoms with Crippen LogP contribution in [0.1, 0.15) is 34.5 Å². The highest BCUT2D eigenvalue weighted by molar-refractivity contribution is 7.80.